The summed E-state index contributed by atoms with van der Waals surface area (Å²) in [6, 6.07) is 14.1. The molecule has 226 valence electrons. The Morgan fingerprint density at radius 2 is 1.86 bits per heavy atom. The number of hydrogen-bond donors (Lipinski definition) is 0. The van der Waals surface area contributed by atoms with Crippen LogP contribution in [0.4, 0.5) is 17.6 Å². The molecule has 0 N–H and O–H groups in total. The van der Waals surface area contributed by atoms with Crippen molar-refractivity contribution in [1.82, 2.24) is 24.8 Å². The molecule has 43 heavy (non-hydrogen) atoms. The Hall–Kier alpha value is -4.20. The van der Waals surface area contributed by atoms with Gasteiger partial charge in [0.05, 0.1) is 18.0 Å². The smallest absolute Gasteiger partial charge is 0.433 e. The highest BCUT2D eigenvalue weighted by Crippen LogP contribution is 2.37. The number of pyridine rings is 2. The van der Waals surface area contributed by atoms with Gasteiger partial charge < -0.3 is 9.47 Å². The molecule has 0 amide bonds. The van der Waals surface area contributed by atoms with Crippen LogP contribution in [0.25, 0.3) is 5.69 Å². The van der Waals surface area contributed by atoms with E-state index in [9.17, 15) is 22.4 Å². The summed E-state index contributed by atoms with van der Waals surface area (Å²) in [5.74, 6) is -1.09. The third-order valence-corrected chi connectivity index (χ3v) is 7.04. The van der Waals surface area contributed by atoms with Crippen molar-refractivity contribution in [3.05, 3.63) is 95.5 Å². The highest BCUT2D eigenvalue weighted by atomic mass is 19.4. The summed E-state index contributed by atoms with van der Waals surface area (Å²) in [6.07, 6.45) is -2.75. The zero-order valence-corrected chi connectivity index (χ0v) is 23.4. The van der Waals surface area contributed by atoms with Crippen LogP contribution in [0.15, 0.2) is 67.0 Å². The lowest BCUT2D eigenvalue weighted by molar-refractivity contribution is -0.155. The van der Waals surface area contributed by atoms with E-state index in [0.717, 1.165) is 12.3 Å². The first kappa shape index (κ1) is 30.3. The molecular weight excluding hydrogens is 570 g/mol. The van der Waals surface area contributed by atoms with Crippen LogP contribution >= 0.6 is 0 Å². The van der Waals surface area contributed by atoms with Gasteiger partial charge in [0.25, 0.3) is 0 Å². The van der Waals surface area contributed by atoms with Crippen LogP contribution in [0, 0.1) is 18.8 Å². The van der Waals surface area contributed by atoms with E-state index >= 15 is 0 Å². The van der Waals surface area contributed by atoms with Crippen molar-refractivity contribution in [3.8, 4) is 17.3 Å². The molecule has 1 aliphatic heterocycles. The fourth-order valence-corrected chi connectivity index (χ4v) is 4.97. The average Bonchev–Trinajstić information content (AvgIpc) is 3.52. The van der Waals surface area contributed by atoms with Crippen molar-refractivity contribution in [2.45, 2.75) is 32.0 Å². The van der Waals surface area contributed by atoms with Crippen molar-refractivity contribution in [1.29, 1.82) is 0 Å². The molecule has 0 unspecified atom stereocenters. The second kappa shape index (κ2) is 13.0. The van der Waals surface area contributed by atoms with Gasteiger partial charge in [0.15, 0.2) is 0 Å². The lowest BCUT2D eigenvalue weighted by atomic mass is 9.91. The lowest BCUT2D eigenvalue weighted by Crippen LogP contribution is -2.24. The molecule has 0 bridgehead atoms. The van der Waals surface area contributed by atoms with Gasteiger partial charge in [-0.15, -0.1) is 5.10 Å². The highest BCUT2D eigenvalue weighted by Gasteiger charge is 2.37. The van der Waals surface area contributed by atoms with Gasteiger partial charge in [-0.3, -0.25) is 14.6 Å². The summed E-state index contributed by atoms with van der Waals surface area (Å²) in [5, 5.41) is 6.22. The number of rotatable bonds is 11. The van der Waals surface area contributed by atoms with E-state index < -0.39 is 23.9 Å². The molecule has 0 radical (unpaired) electrons. The highest BCUT2D eigenvalue weighted by molar-refractivity contribution is 5.81. The monoisotopic (exact) mass is 599 g/mol. The molecule has 1 saturated heterocycles. The molecule has 1 fully saturated rings. The lowest BCUT2D eigenvalue weighted by Gasteiger charge is -2.17. The first-order chi connectivity index (χ1) is 20.6. The zero-order valence-electron chi connectivity index (χ0n) is 23.4. The number of halogens is 4. The van der Waals surface area contributed by atoms with E-state index in [-0.39, 0.29) is 36.2 Å². The van der Waals surface area contributed by atoms with Crippen molar-refractivity contribution < 1.29 is 36.7 Å². The molecule has 0 saturated carbocycles. The SMILES string of the molecule is COCCN1C[C@@H](CC(=O)Cc2c(C)c(Oc3ccnc(C(F)(F)F)c3)nn2-c2ccccc2)[C@H](c2ccnc(F)c2)O1. The fraction of sp³-hybridized carbons (Fsp3) is 0.333. The number of carbonyl (C=O) groups excluding carboxylic acids is 1. The van der Waals surface area contributed by atoms with Gasteiger partial charge in [-0.1, -0.05) is 18.2 Å². The Morgan fingerprint density at radius 3 is 2.58 bits per heavy atom. The van der Waals surface area contributed by atoms with E-state index in [1.807, 2.05) is 6.07 Å². The Kier molecular flexibility index (Phi) is 9.14. The van der Waals surface area contributed by atoms with E-state index in [1.165, 1.54) is 18.3 Å². The number of aromatic nitrogens is 4. The van der Waals surface area contributed by atoms with Gasteiger partial charge in [-0.05, 0) is 42.8 Å². The number of hydroxylamine groups is 2. The van der Waals surface area contributed by atoms with Crippen LogP contribution in [0.3, 0.4) is 0 Å². The summed E-state index contributed by atoms with van der Waals surface area (Å²) in [7, 11) is 1.58. The molecule has 9 nitrogen and oxygen atoms in total. The molecule has 0 spiro atoms. The van der Waals surface area contributed by atoms with Crippen LogP contribution in [0.1, 0.15) is 35.0 Å². The molecular formula is C30H29F4N5O4. The Morgan fingerprint density at radius 1 is 1.09 bits per heavy atom. The number of hydrogen-bond acceptors (Lipinski definition) is 8. The van der Waals surface area contributed by atoms with Gasteiger partial charge in [0.1, 0.15) is 23.3 Å². The minimum Gasteiger partial charge on any atom is -0.437 e. The van der Waals surface area contributed by atoms with Crippen molar-refractivity contribution in [3.63, 3.8) is 0 Å². The molecule has 13 heteroatoms. The van der Waals surface area contributed by atoms with Gasteiger partial charge >= 0.3 is 6.18 Å². The molecule has 4 aromatic rings. The maximum absolute atomic E-state index is 13.9. The third-order valence-electron chi connectivity index (χ3n) is 7.04. The van der Waals surface area contributed by atoms with Crippen molar-refractivity contribution in [2.24, 2.45) is 5.92 Å². The predicted molar refractivity (Wildman–Crippen MR) is 146 cm³/mol. The molecule has 3 aromatic heterocycles. The van der Waals surface area contributed by atoms with Crippen LogP contribution in [0.5, 0.6) is 11.6 Å². The Bertz CT molecular complexity index is 1560. The topological polar surface area (TPSA) is 91.6 Å². The number of benzene rings is 1. The number of methoxy groups -OCH3 is 1. The number of alkyl halides is 3. The first-order valence-electron chi connectivity index (χ1n) is 13.5. The van der Waals surface area contributed by atoms with Gasteiger partial charge in [0, 0.05) is 63.0 Å². The number of ether oxygens (including phenoxy) is 2. The Balaban J connectivity index is 1.40. The number of carbonyl (C=O) groups is 1. The van der Waals surface area contributed by atoms with Crippen molar-refractivity contribution >= 4 is 5.78 Å². The second-order valence-electron chi connectivity index (χ2n) is 10.1. The molecule has 1 aliphatic rings. The minimum absolute atomic E-state index is 0.0345. The van der Waals surface area contributed by atoms with Gasteiger partial charge in [-0.25, -0.2) is 9.67 Å². The summed E-state index contributed by atoms with van der Waals surface area (Å²) >= 11 is 0. The number of Topliss-reactive ketones (excluding diaryl/α,β-unsaturated/α-hetero) is 1. The number of nitrogens with zero attached hydrogens (tertiary/aromatic N) is 5. The van der Waals surface area contributed by atoms with Crippen LogP contribution in [-0.2, 0) is 27.0 Å². The number of para-hydroxylation sites is 1. The third kappa shape index (κ3) is 7.24. The maximum Gasteiger partial charge on any atom is 0.433 e. The molecule has 5 rings (SSSR count). The first-order valence-corrected chi connectivity index (χ1v) is 13.5. The molecule has 2 atom stereocenters. The molecule has 1 aromatic carbocycles. The van der Waals surface area contributed by atoms with Crippen LogP contribution in [-0.4, -0.2) is 57.4 Å². The molecule has 0 aliphatic carbocycles. The normalized spacial score (nSPS) is 17.3. The van der Waals surface area contributed by atoms with Crippen LogP contribution < -0.4 is 4.74 Å². The van der Waals surface area contributed by atoms with E-state index in [1.54, 1.807) is 54.1 Å². The Labute approximate surface area is 245 Å². The summed E-state index contributed by atoms with van der Waals surface area (Å²) in [4.78, 5) is 26.6. The fourth-order valence-electron chi connectivity index (χ4n) is 4.97. The van der Waals surface area contributed by atoms with Crippen molar-refractivity contribution in [2.75, 3.05) is 26.8 Å². The second-order valence-corrected chi connectivity index (χ2v) is 10.1. The van der Waals surface area contributed by atoms with Crippen LogP contribution in [0.2, 0.25) is 0 Å². The largest absolute Gasteiger partial charge is 0.437 e. The predicted octanol–water partition coefficient (Wildman–Crippen LogP) is 5.67. The maximum atomic E-state index is 13.9. The van der Waals surface area contributed by atoms with Gasteiger partial charge in [0.2, 0.25) is 11.8 Å². The summed E-state index contributed by atoms with van der Waals surface area (Å²) < 4.78 is 66.1. The average molecular weight is 600 g/mol. The number of ketones is 1. The molecule has 4 heterocycles. The standard InChI is InChI=1S/C30H29F4N5O4/c1-19-25(16-23(40)14-21-18-38(12-13-41-2)43-28(21)20-8-10-36-27(31)15-20)39(22-6-4-3-5-7-22)37-29(19)42-24-9-11-35-26(17-24)30(32,33)34/h3-11,15,17,21,28H,12-14,16,18H2,1-2H3/t21-,28+/m1/s1. The van der Waals surface area contributed by atoms with E-state index in [0.29, 0.717) is 42.2 Å². The summed E-state index contributed by atoms with van der Waals surface area (Å²) in [5.41, 5.74) is 1.15. The van der Waals surface area contributed by atoms with E-state index in [2.05, 4.69) is 15.1 Å². The quantitative estimate of drug-likeness (QED) is 0.161. The summed E-state index contributed by atoms with van der Waals surface area (Å²) in [6.45, 7) is 3.01. The van der Waals surface area contributed by atoms with E-state index in [4.69, 9.17) is 14.3 Å². The zero-order chi connectivity index (χ0) is 30.6. The minimum atomic E-state index is -4.64. The van der Waals surface area contributed by atoms with Gasteiger partial charge in [-0.2, -0.15) is 22.6 Å².